The van der Waals surface area contributed by atoms with Gasteiger partial charge in [0.25, 0.3) is 0 Å². The fourth-order valence-corrected chi connectivity index (χ4v) is 3.24. The fourth-order valence-electron chi connectivity index (χ4n) is 2.22. The molecule has 0 heterocycles. The summed E-state index contributed by atoms with van der Waals surface area (Å²) in [5.41, 5.74) is -0.351. The molecule has 0 saturated carbocycles. The van der Waals surface area contributed by atoms with Crippen LogP contribution >= 0.6 is 0 Å². The average molecular weight is 342 g/mol. The van der Waals surface area contributed by atoms with E-state index in [1.165, 1.54) is 19.1 Å². The van der Waals surface area contributed by atoms with E-state index in [0.717, 1.165) is 0 Å². The zero-order valence-corrected chi connectivity index (χ0v) is 15.2. The monoisotopic (exact) mass is 342 g/mol. The molecule has 0 fully saturated rings. The lowest BCUT2D eigenvalue weighted by atomic mass is 10.1. The molecule has 0 aliphatic carbocycles. The minimum absolute atomic E-state index is 0.0854. The highest BCUT2D eigenvalue weighted by molar-refractivity contribution is 7.89. The summed E-state index contributed by atoms with van der Waals surface area (Å²) in [6, 6.07) is 6.24. The smallest absolute Gasteiger partial charge is 0.240 e. The van der Waals surface area contributed by atoms with Crippen molar-refractivity contribution in [2.45, 2.75) is 45.1 Å². The van der Waals surface area contributed by atoms with E-state index in [0.29, 0.717) is 18.9 Å². The number of sulfonamides is 1. The first-order chi connectivity index (χ1) is 10.6. The van der Waals surface area contributed by atoms with Gasteiger partial charge >= 0.3 is 0 Å². The van der Waals surface area contributed by atoms with Gasteiger partial charge in [0.05, 0.1) is 11.5 Å². The van der Waals surface area contributed by atoms with Gasteiger partial charge in [-0.2, -0.15) is 0 Å². The molecule has 0 spiro atoms. The summed E-state index contributed by atoms with van der Waals surface area (Å²) in [6.07, 6.45) is 0. The highest BCUT2D eigenvalue weighted by atomic mass is 32.2. The number of carbonyl (C=O) groups is 1. The summed E-state index contributed by atoms with van der Waals surface area (Å²) in [5.74, 6) is 0.541. The van der Waals surface area contributed by atoms with Gasteiger partial charge in [0.1, 0.15) is 5.75 Å². The molecule has 0 aliphatic rings. The van der Waals surface area contributed by atoms with Crippen molar-refractivity contribution in [1.82, 2.24) is 9.62 Å². The van der Waals surface area contributed by atoms with Crippen molar-refractivity contribution < 1.29 is 17.9 Å². The van der Waals surface area contributed by atoms with Crippen molar-refractivity contribution in [2.75, 3.05) is 19.7 Å². The normalized spacial score (nSPS) is 12.0. The predicted octanol–water partition coefficient (Wildman–Crippen LogP) is 2.01. The van der Waals surface area contributed by atoms with E-state index in [9.17, 15) is 13.2 Å². The van der Waals surface area contributed by atoms with E-state index in [1.807, 2.05) is 27.7 Å². The minimum atomic E-state index is -3.60. The van der Waals surface area contributed by atoms with Crippen LogP contribution in [0.15, 0.2) is 29.2 Å². The highest BCUT2D eigenvalue weighted by Gasteiger charge is 2.24. The number of benzene rings is 1. The van der Waals surface area contributed by atoms with Crippen molar-refractivity contribution >= 4 is 15.9 Å². The Hall–Kier alpha value is -1.60. The van der Waals surface area contributed by atoms with Crippen molar-refractivity contribution in [1.29, 1.82) is 0 Å². The van der Waals surface area contributed by atoms with Crippen molar-refractivity contribution in [3.8, 4) is 5.75 Å². The van der Waals surface area contributed by atoms with Crippen molar-refractivity contribution in [3.05, 3.63) is 24.3 Å². The molecule has 130 valence electrons. The molecule has 1 aromatic rings. The highest BCUT2D eigenvalue weighted by Crippen LogP contribution is 2.16. The second-order valence-electron chi connectivity index (χ2n) is 6.14. The first-order valence-corrected chi connectivity index (χ1v) is 9.07. The summed E-state index contributed by atoms with van der Waals surface area (Å²) in [4.78, 5) is 13.5. The number of rotatable bonds is 7. The number of ether oxygens (including phenoxy) is 1. The largest absolute Gasteiger partial charge is 0.494 e. The summed E-state index contributed by atoms with van der Waals surface area (Å²) in [5, 5.41) is 0. The standard InChI is InChI=1S/C16H26N2O4S/c1-6-22-14-7-9-15(10-8-14)23(20,21)17-11-12-18(13(2)19)16(3,4)5/h7-10,17H,6,11-12H2,1-5H3. The number of nitrogens with zero attached hydrogens (tertiary/aromatic N) is 1. The first kappa shape index (κ1) is 19.4. The van der Waals surface area contributed by atoms with Gasteiger partial charge in [0.15, 0.2) is 0 Å². The second kappa shape index (κ2) is 7.79. The molecule has 1 amide bonds. The zero-order chi connectivity index (χ0) is 17.7. The number of carbonyl (C=O) groups excluding carboxylic acids is 1. The van der Waals surface area contributed by atoms with E-state index in [2.05, 4.69) is 4.72 Å². The molecule has 0 radical (unpaired) electrons. The molecule has 6 nitrogen and oxygen atoms in total. The molecule has 1 N–H and O–H groups in total. The Labute approximate surface area is 138 Å². The predicted molar refractivity (Wildman–Crippen MR) is 89.9 cm³/mol. The third kappa shape index (κ3) is 5.84. The van der Waals surface area contributed by atoms with E-state index < -0.39 is 10.0 Å². The molecule has 7 heteroatoms. The molecule has 1 rings (SSSR count). The molecule has 1 aromatic carbocycles. The lowest BCUT2D eigenvalue weighted by Crippen LogP contribution is -2.48. The Morgan fingerprint density at radius 2 is 1.78 bits per heavy atom. The maximum atomic E-state index is 12.2. The summed E-state index contributed by atoms with van der Waals surface area (Å²) >= 11 is 0. The van der Waals surface area contributed by atoms with Gasteiger partial charge in [-0.3, -0.25) is 4.79 Å². The number of hydrogen-bond donors (Lipinski definition) is 1. The van der Waals surface area contributed by atoms with E-state index >= 15 is 0 Å². The first-order valence-electron chi connectivity index (χ1n) is 7.58. The van der Waals surface area contributed by atoms with Gasteiger partial charge in [-0.15, -0.1) is 0 Å². The van der Waals surface area contributed by atoms with Crippen LogP contribution in [0, 0.1) is 0 Å². The van der Waals surface area contributed by atoms with Crippen LogP contribution in [0.25, 0.3) is 0 Å². The lowest BCUT2D eigenvalue weighted by molar-refractivity contribution is -0.133. The van der Waals surface area contributed by atoms with Gasteiger partial charge < -0.3 is 9.64 Å². The number of hydrogen-bond acceptors (Lipinski definition) is 4. The maximum Gasteiger partial charge on any atom is 0.240 e. The SMILES string of the molecule is CCOc1ccc(S(=O)(=O)NCCN(C(C)=O)C(C)(C)C)cc1. The quantitative estimate of drug-likeness (QED) is 0.822. The Balaban J connectivity index is 2.70. The zero-order valence-electron chi connectivity index (χ0n) is 14.4. The van der Waals surface area contributed by atoms with Crippen LogP contribution in [0.3, 0.4) is 0 Å². The van der Waals surface area contributed by atoms with E-state index in [1.54, 1.807) is 17.0 Å². The molecular weight excluding hydrogens is 316 g/mol. The Kier molecular flexibility index (Phi) is 6.58. The van der Waals surface area contributed by atoms with Gasteiger partial charge in [0, 0.05) is 25.6 Å². The number of amides is 1. The summed E-state index contributed by atoms with van der Waals surface area (Å²) in [6.45, 7) is 10.1. The molecule has 0 aromatic heterocycles. The molecule has 23 heavy (non-hydrogen) atoms. The Bertz CT molecular complexity index is 618. The van der Waals surface area contributed by atoms with Crippen LogP contribution < -0.4 is 9.46 Å². The summed E-state index contributed by atoms with van der Waals surface area (Å²) < 4.78 is 32.3. The molecular formula is C16H26N2O4S. The summed E-state index contributed by atoms with van der Waals surface area (Å²) in [7, 11) is -3.60. The molecule has 0 aliphatic heterocycles. The van der Waals surface area contributed by atoms with Crippen molar-refractivity contribution in [2.24, 2.45) is 0 Å². The number of nitrogens with one attached hydrogen (secondary N) is 1. The third-order valence-electron chi connectivity index (χ3n) is 3.26. The topological polar surface area (TPSA) is 75.7 Å². The van der Waals surface area contributed by atoms with Gasteiger partial charge in [-0.1, -0.05) is 0 Å². The van der Waals surface area contributed by atoms with Crippen LogP contribution in [-0.4, -0.2) is 44.5 Å². The van der Waals surface area contributed by atoms with Crippen LogP contribution in [0.1, 0.15) is 34.6 Å². The Morgan fingerprint density at radius 1 is 1.22 bits per heavy atom. The molecule has 0 saturated heterocycles. The second-order valence-corrected chi connectivity index (χ2v) is 7.91. The minimum Gasteiger partial charge on any atom is -0.494 e. The van der Waals surface area contributed by atoms with Gasteiger partial charge in [-0.05, 0) is 52.0 Å². The molecule has 0 unspecified atom stereocenters. The average Bonchev–Trinajstić information content (AvgIpc) is 2.43. The maximum absolute atomic E-state index is 12.2. The lowest BCUT2D eigenvalue weighted by Gasteiger charge is -2.35. The Morgan fingerprint density at radius 3 is 2.22 bits per heavy atom. The van der Waals surface area contributed by atoms with Crippen molar-refractivity contribution in [3.63, 3.8) is 0 Å². The van der Waals surface area contributed by atoms with Crippen LogP contribution in [0.5, 0.6) is 5.75 Å². The fraction of sp³-hybridized carbons (Fsp3) is 0.562. The van der Waals surface area contributed by atoms with Crippen LogP contribution in [-0.2, 0) is 14.8 Å². The third-order valence-corrected chi connectivity index (χ3v) is 4.74. The van der Waals surface area contributed by atoms with Gasteiger partial charge in [-0.25, -0.2) is 13.1 Å². The molecule has 0 bridgehead atoms. The van der Waals surface area contributed by atoms with Crippen LogP contribution in [0.2, 0.25) is 0 Å². The van der Waals surface area contributed by atoms with E-state index in [4.69, 9.17) is 4.74 Å². The van der Waals surface area contributed by atoms with Gasteiger partial charge in [0.2, 0.25) is 15.9 Å². The van der Waals surface area contributed by atoms with E-state index in [-0.39, 0.29) is 22.9 Å². The molecule has 0 atom stereocenters. The van der Waals surface area contributed by atoms with Crippen LogP contribution in [0.4, 0.5) is 0 Å².